The number of methoxy groups -OCH3 is 1. The van der Waals surface area contributed by atoms with Crippen molar-refractivity contribution in [3.63, 3.8) is 0 Å². The van der Waals surface area contributed by atoms with Gasteiger partial charge in [-0.05, 0) is 66.4 Å². The number of alkyl halides is 3. The van der Waals surface area contributed by atoms with Gasteiger partial charge in [-0.3, -0.25) is 9.59 Å². The van der Waals surface area contributed by atoms with Crippen LogP contribution in [0.25, 0.3) is 10.9 Å². The van der Waals surface area contributed by atoms with Gasteiger partial charge in [-0.25, -0.2) is 13.1 Å². The predicted octanol–water partition coefficient (Wildman–Crippen LogP) is 5.52. The molecule has 2 N–H and O–H groups in total. The summed E-state index contributed by atoms with van der Waals surface area (Å²) in [5, 5.41) is 3.33. The molecule has 1 aromatic heterocycles. The molecule has 0 aliphatic rings. The Labute approximate surface area is 247 Å². The van der Waals surface area contributed by atoms with Crippen molar-refractivity contribution in [1.29, 1.82) is 0 Å². The molecule has 0 radical (unpaired) electrons. The molecule has 0 saturated heterocycles. The standard InChI is InChI=1S/C31H32F3N3O5S/c1-19-7-5-6-8-28(19)43(40,41)36-30(39)23-10-9-21(27(17-23)42-4)15-24-18-37(3)26-12-11-22(16-25(24)26)29(38)35-14-13-20(2)31(32,33)34/h5-12,16-18,20H,13-15H2,1-4H3,(H,35,38)(H,36,39)/t20-/m0/s1. The first-order chi connectivity index (χ1) is 20.2. The first-order valence-electron chi connectivity index (χ1n) is 13.4. The quantitative estimate of drug-likeness (QED) is 0.244. The molecule has 4 rings (SSSR count). The molecule has 0 fully saturated rings. The van der Waals surface area contributed by atoms with E-state index in [1.54, 1.807) is 49.4 Å². The van der Waals surface area contributed by atoms with E-state index in [0.717, 1.165) is 23.4 Å². The summed E-state index contributed by atoms with van der Waals surface area (Å²) in [6.45, 7) is 2.61. The molecule has 3 aromatic carbocycles. The zero-order valence-corrected chi connectivity index (χ0v) is 24.9. The van der Waals surface area contributed by atoms with E-state index in [4.69, 9.17) is 4.74 Å². The van der Waals surface area contributed by atoms with Crippen LogP contribution in [0.2, 0.25) is 0 Å². The van der Waals surface area contributed by atoms with Gasteiger partial charge in [0.25, 0.3) is 21.8 Å². The number of halogens is 3. The van der Waals surface area contributed by atoms with Gasteiger partial charge in [0.15, 0.2) is 0 Å². The highest BCUT2D eigenvalue weighted by Gasteiger charge is 2.35. The SMILES string of the molecule is COc1cc(C(=O)NS(=O)(=O)c2ccccc2C)ccc1Cc1cn(C)c2ccc(C(=O)NCC[C@H](C)C(F)(F)F)cc12. The number of benzene rings is 3. The third-order valence-electron chi connectivity index (χ3n) is 7.30. The van der Waals surface area contributed by atoms with Crippen LogP contribution in [0, 0.1) is 12.8 Å². The van der Waals surface area contributed by atoms with E-state index in [1.165, 1.54) is 25.3 Å². The van der Waals surface area contributed by atoms with Crippen LogP contribution in [0.15, 0.2) is 71.8 Å². The van der Waals surface area contributed by atoms with Crippen molar-refractivity contribution in [2.45, 2.75) is 37.8 Å². The number of ether oxygens (including phenoxy) is 1. The lowest BCUT2D eigenvalue weighted by Crippen LogP contribution is -2.31. The Hall–Kier alpha value is -4.32. The van der Waals surface area contributed by atoms with Gasteiger partial charge in [-0.1, -0.05) is 31.2 Å². The topological polar surface area (TPSA) is 106 Å². The number of fused-ring (bicyclic) bond motifs is 1. The Kier molecular flexibility index (Phi) is 9.19. The van der Waals surface area contributed by atoms with Crippen molar-refractivity contribution in [2.24, 2.45) is 13.0 Å². The summed E-state index contributed by atoms with van der Waals surface area (Å²) in [5.74, 6) is -2.44. The van der Waals surface area contributed by atoms with Crippen LogP contribution in [-0.4, -0.2) is 44.6 Å². The van der Waals surface area contributed by atoms with Crippen LogP contribution >= 0.6 is 0 Å². The Bertz CT molecular complexity index is 1780. The van der Waals surface area contributed by atoms with Crippen molar-refractivity contribution < 1.29 is 35.9 Å². The van der Waals surface area contributed by atoms with Crippen molar-refractivity contribution in [3.05, 3.63) is 94.7 Å². The Morgan fingerprint density at radius 1 is 0.977 bits per heavy atom. The Morgan fingerprint density at radius 3 is 2.33 bits per heavy atom. The molecule has 1 heterocycles. The molecule has 2 amide bonds. The summed E-state index contributed by atoms with van der Waals surface area (Å²) in [5.41, 5.74) is 3.30. The van der Waals surface area contributed by atoms with Gasteiger partial charge in [0, 0.05) is 48.2 Å². The second-order valence-electron chi connectivity index (χ2n) is 10.4. The first-order valence-corrected chi connectivity index (χ1v) is 14.9. The second kappa shape index (κ2) is 12.5. The van der Waals surface area contributed by atoms with Crippen LogP contribution in [0.3, 0.4) is 0 Å². The molecule has 0 aliphatic carbocycles. The molecule has 228 valence electrons. The Morgan fingerprint density at radius 2 is 1.65 bits per heavy atom. The number of sulfonamides is 1. The second-order valence-corrected chi connectivity index (χ2v) is 12.0. The van der Waals surface area contributed by atoms with Gasteiger partial charge >= 0.3 is 6.18 Å². The number of hydrogen-bond donors (Lipinski definition) is 2. The zero-order valence-electron chi connectivity index (χ0n) is 24.1. The molecule has 0 aliphatic heterocycles. The van der Waals surface area contributed by atoms with E-state index in [0.29, 0.717) is 28.9 Å². The first kappa shape index (κ1) is 31.6. The largest absolute Gasteiger partial charge is 0.496 e. The van der Waals surface area contributed by atoms with Crippen LogP contribution < -0.4 is 14.8 Å². The summed E-state index contributed by atoms with van der Waals surface area (Å²) < 4.78 is 73.5. The molecule has 4 aromatic rings. The lowest BCUT2D eigenvalue weighted by molar-refractivity contribution is -0.170. The molecule has 8 nitrogen and oxygen atoms in total. The van der Waals surface area contributed by atoms with Gasteiger partial charge in [-0.2, -0.15) is 13.2 Å². The average molecular weight is 616 g/mol. The third kappa shape index (κ3) is 7.19. The summed E-state index contributed by atoms with van der Waals surface area (Å²) in [7, 11) is -0.801. The van der Waals surface area contributed by atoms with E-state index in [-0.39, 0.29) is 23.4 Å². The lowest BCUT2D eigenvalue weighted by Gasteiger charge is -2.15. The summed E-state index contributed by atoms with van der Waals surface area (Å²) in [4.78, 5) is 25.6. The van der Waals surface area contributed by atoms with Crippen molar-refractivity contribution in [1.82, 2.24) is 14.6 Å². The molecular formula is C31H32F3N3O5S. The van der Waals surface area contributed by atoms with Crippen LogP contribution in [0.5, 0.6) is 5.75 Å². The predicted molar refractivity (Wildman–Crippen MR) is 157 cm³/mol. The normalized spacial score (nSPS) is 12.6. The third-order valence-corrected chi connectivity index (χ3v) is 8.79. The van der Waals surface area contributed by atoms with Crippen molar-refractivity contribution >= 4 is 32.7 Å². The number of carbonyl (C=O) groups excluding carboxylic acids is 2. The smallest absolute Gasteiger partial charge is 0.391 e. The van der Waals surface area contributed by atoms with Crippen LogP contribution in [0.1, 0.15) is 50.8 Å². The van der Waals surface area contributed by atoms with Crippen LogP contribution in [-0.2, 0) is 23.5 Å². The molecular weight excluding hydrogens is 583 g/mol. The lowest BCUT2D eigenvalue weighted by atomic mass is 10.0. The highest BCUT2D eigenvalue weighted by atomic mass is 32.2. The number of carbonyl (C=O) groups is 2. The van der Waals surface area contributed by atoms with Crippen LogP contribution in [0.4, 0.5) is 13.2 Å². The average Bonchev–Trinajstić information content (AvgIpc) is 3.26. The summed E-state index contributed by atoms with van der Waals surface area (Å²) in [6.07, 6.45) is -2.28. The van der Waals surface area contributed by atoms with E-state index >= 15 is 0 Å². The Balaban J connectivity index is 1.53. The minimum absolute atomic E-state index is 0.00630. The zero-order chi connectivity index (χ0) is 31.5. The monoisotopic (exact) mass is 615 g/mol. The maximum absolute atomic E-state index is 12.9. The molecule has 12 heteroatoms. The molecule has 1 atom stereocenters. The fraction of sp³-hybridized carbons (Fsp3) is 0.290. The molecule has 0 saturated carbocycles. The minimum atomic E-state index is -4.31. The van der Waals surface area contributed by atoms with Crippen molar-refractivity contribution in [3.8, 4) is 5.75 Å². The van der Waals surface area contributed by atoms with E-state index < -0.39 is 33.9 Å². The number of aryl methyl sites for hydroxylation is 2. The molecule has 43 heavy (non-hydrogen) atoms. The number of nitrogens with zero attached hydrogens (tertiary/aromatic N) is 1. The van der Waals surface area contributed by atoms with Gasteiger partial charge in [0.05, 0.1) is 17.9 Å². The molecule has 0 unspecified atom stereocenters. The summed E-state index contributed by atoms with van der Waals surface area (Å²) >= 11 is 0. The van der Waals surface area contributed by atoms with E-state index in [2.05, 4.69) is 10.0 Å². The number of rotatable bonds is 10. The maximum Gasteiger partial charge on any atom is 0.391 e. The fourth-order valence-corrected chi connectivity index (χ4v) is 5.98. The van der Waals surface area contributed by atoms with Gasteiger partial charge < -0.3 is 14.6 Å². The van der Waals surface area contributed by atoms with E-state index in [1.807, 2.05) is 17.8 Å². The van der Waals surface area contributed by atoms with Gasteiger partial charge in [0.1, 0.15) is 5.75 Å². The highest BCUT2D eigenvalue weighted by Crippen LogP contribution is 2.30. The molecule has 0 bridgehead atoms. The highest BCUT2D eigenvalue weighted by molar-refractivity contribution is 7.90. The summed E-state index contributed by atoms with van der Waals surface area (Å²) in [6, 6.07) is 16.1. The number of hydrogen-bond acceptors (Lipinski definition) is 5. The fourth-order valence-electron chi connectivity index (χ4n) is 4.75. The van der Waals surface area contributed by atoms with Crippen molar-refractivity contribution in [2.75, 3.05) is 13.7 Å². The number of aromatic nitrogens is 1. The number of amides is 2. The molecule has 0 spiro atoms. The maximum atomic E-state index is 12.9. The minimum Gasteiger partial charge on any atom is -0.496 e. The van der Waals surface area contributed by atoms with Gasteiger partial charge in [-0.15, -0.1) is 0 Å². The van der Waals surface area contributed by atoms with Gasteiger partial charge in [0.2, 0.25) is 0 Å². The number of nitrogens with one attached hydrogen (secondary N) is 2. The van der Waals surface area contributed by atoms with E-state index in [9.17, 15) is 31.2 Å².